The Morgan fingerprint density at radius 2 is 1.78 bits per heavy atom. The highest BCUT2D eigenvalue weighted by atomic mass is 32.2. The molecule has 1 aliphatic heterocycles. The van der Waals surface area contributed by atoms with Crippen molar-refractivity contribution < 1.29 is 17.6 Å². The molecule has 0 spiro atoms. The van der Waals surface area contributed by atoms with Crippen LogP contribution in [0.15, 0.2) is 81.5 Å². The molecule has 0 saturated carbocycles. The van der Waals surface area contributed by atoms with E-state index in [0.717, 1.165) is 11.8 Å². The number of amides is 1. The molecule has 0 N–H and O–H groups in total. The van der Waals surface area contributed by atoms with Gasteiger partial charge in [-0.2, -0.15) is 8.42 Å². The van der Waals surface area contributed by atoms with Gasteiger partial charge in [-0.15, -0.1) is 11.0 Å². The first-order chi connectivity index (χ1) is 12.9. The van der Waals surface area contributed by atoms with Crippen LogP contribution in [-0.2, 0) is 14.8 Å². The Hall–Kier alpha value is -2.71. The lowest BCUT2D eigenvalue weighted by molar-refractivity contribution is -0.121. The fraction of sp³-hybridized carbons (Fsp3) is 0.0526. The third-order valence-corrected chi connectivity index (χ3v) is 6.03. The average Bonchev–Trinajstić information content (AvgIpc) is 2.93. The number of nitrogens with zero attached hydrogens (tertiary/aromatic N) is 2. The molecule has 0 aliphatic carbocycles. The van der Waals surface area contributed by atoms with E-state index < -0.39 is 21.7 Å². The van der Waals surface area contributed by atoms with E-state index in [-0.39, 0.29) is 27.1 Å². The van der Waals surface area contributed by atoms with Gasteiger partial charge < -0.3 is 0 Å². The Balaban J connectivity index is 2.01. The van der Waals surface area contributed by atoms with E-state index in [1.165, 1.54) is 41.3 Å². The van der Waals surface area contributed by atoms with Gasteiger partial charge in [0.25, 0.3) is 15.9 Å². The van der Waals surface area contributed by atoms with Crippen LogP contribution in [0.5, 0.6) is 0 Å². The lowest BCUT2D eigenvalue weighted by Crippen LogP contribution is -2.29. The number of halogens is 1. The molecule has 3 rings (SSSR count). The lowest BCUT2D eigenvalue weighted by atomic mass is 10.2. The number of carbonyl (C=O) groups excluding carboxylic acids is 1. The molecular weight excluding hydrogens is 387 g/mol. The largest absolute Gasteiger partial charge is 0.284 e. The first-order valence-corrected chi connectivity index (χ1v) is 10.1. The van der Waals surface area contributed by atoms with E-state index in [4.69, 9.17) is 0 Å². The summed E-state index contributed by atoms with van der Waals surface area (Å²) < 4.78 is 42.7. The topological polar surface area (TPSA) is 66.8 Å². The van der Waals surface area contributed by atoms with Crippen molar-refractivity contribution in [1.29, 1.82) is 0 Å². The van der Waals surface area contributed by atoms with Gasteiger partial charge in [-0.25, -0.2) is 4.39 Å². The zero-order valence-electron chi connectivity index (χ0n) is 14.1. The van der Waals surface area contributed by atoms with Gasteiger partial charge in [0.15, 0.2) is 5.17 Å². The summed E-state index contributed by atoms with van der Waals surface area (Å²) in [6.45, 7) is 3.67. The minimum Gasteiger partial charge on any atom is -0.282 e. The third kappa shape index (κ3) is 4.17. The molecule has 5 nitrogen and oxygen atoms in total. The van der Waals surface area contributed by atoms with Crippen LogP contribution < -0.4 is 0 Å². The molecule has 8 heteroatoms. The summed E-state index contributed by atoms with van der Waals surface area (Å²) >= 11 is 0.886. The first kappa shape index (κ1) is 19.1. The maximum absolute atomic E-state index is 13.9. The summed E-state index contributed by atoms with van der Waals surface area (Å²) in [4.78, 5) is 14.0. The molecule has 27 heavy (non-hydrogen) atoms. The molecule has 1 aliphatic rings. The molecule has 0 bridgehead atoms. The van der Waals surface area contributed by atoms with Gasteiger partial charge in [0.1, 0.15) is 5.82 Å². The number of benzene rings is 2. The van der Waals surface area contributed by atoms with Gasteiger partial charge in [-0.3, -0.25) is 9.69 Å². The molecule has 0 aromatic heterocycles. The molecular formula is C19H15FN2O3S2. The Kier molecular flexibility index (Phi) is 5.57. The van der Waals surface area contributed by atoms with Crippen molar-refractivity contribution in [3.63, 3.8) is 0 Å². The quantitative estimate of drug-likeness (QED) is 0.565. The van der Waals surface area contributed by atoms with E-state index >= 15 is 0 Å². The number of carbonyl (C=O) groups is 1. The number of hydrogen-bond acceptors (Lipinski definition) is 4. The molecule has 0 unspecified atom stereocenters. The predicted octanol–water partition coefficient (Wildman–Crippen LogP) is 3.67. The Labute approximate surface area is 161 Å². The minimum absolute atomic E-state index is 0.00587. The van der Waals surface area contributed by atoms with E-state index in [2.05, 4.69) is 11.0 Å². The van der Waals surface area contributed by atoms with Gasteiger partial charge >= 0.3 is 0 Å². The highest BCUT2D eigenvalue weighted by molar-refractivity contribution is 8.19. The number of rotatable bonds is 5. The number of thioether (sulfide) groups is 1. The van der Waals surface area contributed by atoms with Crippen LogP contribution in [0, 0.1) is 5.82 Å². The molecule has 1 amide bonds. The molecule has 2 aromatic rings. The monoisotopic (exact) mass is 402 g/mol. The van der Waals surface area contributed by atoms with Crippen molar-refractivity contribution in [3.05, 3.63) is 83.5 Å². The van der Waals surface area contributed by atoms with Crippen LogP contribution in [0.3, 0.4) is 0 Å². The van der Waals surface area contributed by atoms with Gasteiger partial charge in [0.05, 0.1) is 9.80 Å². The number of sulfonamides is 1. The van der Waals surface area contributed by atoms with Crippen LogP contribution in [-0.4, -0.2) is 30.9 Å². The van der Waals surface area contributed by atoms with Gasteiger partial charge in [0, 0.05) is 12.1 Å². The second kappa shape index (κ2) is 7.89. The van der Waals surface area contributed by atoms with Crippen molar-refractivity contribution in [2.24, 2.45) is 4.40 Å². The standard InChI is InChI=1S/C19H15FN2O3S2/c1-2-12-22-18(23)17(13-14-8-6-7-11-16(14)20)26-19(22)21-27(24,25)15-9-4-3-5-10-15/h2-11,13H,1,12H2. The zero-order valence-corrected chi connectivity index (χ0v) is 15.7. The highest BCUT2D eigenvalue weighted by Crippen LogP contribution is 2.34. The molecule has 138 valence electrons. The summed E-state index contributed by atoms with van der Waals surface area (Å²) in [6, 6.07) is 13.7. The van der Waals surface area contributed by atoms with Crippen molar-refractivity contribution in [2.45, 2.75) is 4.90 Å². The van der Waals surface area contributed by atoms with E-state index in [1.54, 1.807) is 30.3 Å². The van der Waals surface area contributed by atoms with E-state index in [0.29, 0.717) is 0 Å². The van der Waals surface area contributed by atoms with Crippen molar-refractivity contribution in [1.82, 2.24) is 4.90 Å². The fourth-order valence-electron chi connectivity index (χ4n) is 2.35. The van der Waals surface area contributed by atoms with Gasteiger partial charge in [0.2, 0.25) is 0 Å². The van der Waals surface area contributed by atoms with Crippen LogP contribution in [0.2, 0.25) is 0 Å². The zero-order chi connectivity index (χ0) is 19.4. The predicted molar refractivity (Wildman–Crippen MR) is 105 cm³/mol. The SMILES string of the molecule is C=CCN1C(=O)C(=Cc2ccccc2F)SC1=NS(=O)(=O)c1ccccc1. The Morgan fingerprint density at radius 1 is 1.11 bits per heavy atom. The highest BCUT2D eigenvalue weighted by Gasteiger charge is 2.34. The normalized spacial score (nSPS) is 17.7. The Morgan fingerprint density at radius 3 is 2.44 bits per heavy atom. The van der Waals surface area contributed by atoms with Crippen LogP contribution >= 0.6 is 11.8 Å². The molecule has 2 aromatic carbocycles. The second-order valence-corrected chi connectivity index (χ2v) is 8.11. The smallest absolute Gasteiger partial charge is 0.282 e. The maximum atomic E-state index is 13.9. The van der Waals surface area contributed by atoms with Gasteiger partial charge in [-0.1, -0.05) is 42.5 Å². The molecule has 0 atom stereocenters. The summed E-state index contributed by atoms with van der Waals surface area (Å²) in [6.07, 6.45) is 2.85. The van der Waals surface area contributed by atoms with Crippen molar-refractivity contribution >= 4 is 38.9 Å². The van der Waals surface area contributed by atoms with Crippen LogP contribution in [0.1, 0.15) is 5.56 Å². The molecule has 0 radical (unpaired) electrons. The number of hydrogen-bond donors (Lipinski definition) is 0. The molecule has 1 heterocycles. The van der Waals surface area contributed by atoms with E-state index in [1.807, 2.05) is 0 Å². The van der Waals surface area contributed by atoms with E-state index in [9.17, 15) is 17.6 Å². The van der Waals surface area contributed by atoms with Crippen molar-refractivity contribution in [3.8, 4) is 0 Å². The molecule has 1 saturated heterocycles. The average molecular weight is 402 g/mol. The lowest BCUT2D eigenvalue weighted by Gasteiger charge is -2.12. The third-order valence-electron chi connectivity index (χ3n) is 3.63. The minimum atomic E-state index is -3.99. The molecule has 1 fully saturated rings. The maximum Gasteiger partial charge on any atom is 0.284 e. The summed E-state index contributed by atoms with van der Waals surface area (Å²) in [5.74, 6) is -0.930. The fourth-order valence-corrected chi connectivity index (χ4v) is 4.55. The summed E-state index contributed by atoms with van der Waals surface area (Å²) in [7, 11) is -3.99. The number of amidine groups is 1. The van der Waals surface area contributed by atoms with Gasteiger partial charge in [-0.05, 0) is 36.0 Å². The van der Waals surface area contributed by atoms with Crippen molar-refractivity contribution in [2.75, 3.05) is 6.54 Å². The summed E-state index contributed by atoms with van der Waals surface area (Å²) in [5.41, 5.74) is 0.235. The Bertz CT molecular complexity index is 1050. The summed E-state index contributed by atoms with van der Waals surface area (Å²) in [5, 5.41) is 0.00587. The van der Waals surface area contributed by atoms with Crippen LogP contribution in [0.4, 0.5) is 4.39 Å². The second-order valence-electron chi connectivity index (χ2n) is 5.50. The van der Waals surface area contributed by atoms with Crippen LogP contribution in [0.25, 0.3) is 6.08 Å². The first-order valence-electron chi connectivity index (χ1n) is 7.89.